The van der Waals surface area contributed by atoms with Gasteiger partial charge in [0.1, 0.15) is 6.10 Å². The molecule has 128 valence electrons. The molecule has 6 heteroatoms. The number of amides is 2. The van der Waals surface area contributed by atoms with E-state index in [0.29, 0.717) is 27.8 Å². The van der Waals surface area contributed by atoms with Gasteiger partial charge in [-0.25, -0.2) is 4.79 Å². The summed E-state index contributed by atoms with van der Waals surface area (Å²) < 4.78 is 4.64. The summed E-state index contributed by atoms with van der Waals surface area (Å²) in [6, 6.07) is 6.34. The lowest BCUT2D eigenvalue weighted by Gasteiger charge is -2.21. The van der Waals surface area contributed by atoms with Crippen LogP contribution in [0.25, 0.3) is 0 Å². The van der Waals surface area contributed by atoms with E-state index in [2.05, 4.69) is 11.3 Å². The molecule has 1 aromatic carbocycles. The Morgan fingerprint density at radius 3 is 2.48 bits per heavy atom. The predicted molar refractivity (Wildman–Crippen MR) is 89.4 cm³/mol. The molecule has 1 heterocycles. The van der Waals surface area contributed by atoms with E-state index in [4.69, 9.17) is 0 Å². The monoisotopic (exact) mass is 339 g/mol. The first-order valence-electron chi connectivity index (χ1n) is 7.68. The number of aliphatic hydroxyl groups is 1. The minimum absolute atomic E-state index is 0.273. The lowest BCUT2D eigenvalue weighted by molar-refractivity contribution is -0.135. The van der Waals surface area contributed by atoms with Crippen LogP contribution in [0.2, 0.25) is 0 Å². The number of rotatable bonds is 3. The van der Waals surface area contributed by atoms with E-state index in [0.717, 1.165) is 4.90 Å². The zero-order valence-corrected chi connectivity index (χ0v) is 13.9. The molecular weight excluding hydrogens is 322 g/mol. The highest BCUT2D eigenvalue weighted by atomic mass is 16.5. The topological polar surface area (TPSA) is 83.9 Å². The number of imide groups is 1. The Hall–Kier alpha value is -2.99. The van der Waals surface area contributed by atoms with Crippen molar-refractivity contribution in [2.45, 2.75) is 12.5 Å². The fourth-order valence-electron chi connectivity index (χ4n) is 3.05. The summed E-state index contributed by atoms with van der Waals surface area (Å²) in [5.74, 6) is -1.19. The highest BCUT2D eigenvalue weighted by molar-refractivity contribution is 6.22. The summed E-state index contributed by atoms with van der Waals surface area (Å²) >= 11 is 0. The third-order valence-electron chi connectivity index (χ3n) is 4.50. The van der Waals surface area contributed by atoms with Crippen LogP contribution in [0.4, 0.5) is 0 Å². The summed E-state index contributed by atoms with van der Waals surface area (Å²) in [5.41, 5.74) is 2.45. The molecule has 1 unspecified atom stereocenters. The van der Waals surface area contributed by atoms with Crippen molar-refractivity contribution in [1.82, 2.24) is 4.90 Å². The largest absolute Gasteiger partial charge is 0.465 e. The maximum Gasteiger partial charge on any atom is 0.337 e. The van der Waals surface area contributed by atoms with Crippen LogP contribution in [0.3, 0.4) is 0 Å². The van der Waals surface area contributed by atoms with E-state index in [9.17, 15) is 19.5 Å². The number of ether oxygens (including phenoxy) is 1. The number of hydrogen-bond donors (Lipinski definition) is 1. The van der Waals surface area contributed by atoms with Gasteiger partial charge in [0.25, 0.3) is 11.8 Å². The normalized spacial score (nSPS) is 18.3. The Morgan fingerprint density at radius 2 is 1.88 bits per heavy atom. The van der Waals surface area contributed by atoms with Crippen molar-refractivity contribution in [3.8, 4) is 0 Å². The van der Waals surface area contributed by atoms with Crippen molar-refractivity contribution in [2.75, 3.05) is 14.2 Å². The predicted octanol–water partition coefficient (Wildman–Crippen LogP) is 1.69. The third-order valence-corrected chi connectivity index (χ3v) is 4.50. The molecule has 0 bridgehead atoms. The van der Waals surface area contributed by atoms with Gasteiger partial charge in [0.05, 0.1) is 18.2 Å². The summed E-state index contributed by atoms with van der Waals surface area (Å²) in [6.07, 6.45) is 0.974. The van der Waals surface area contributed by atoms with Crippen LogP contribution in [-0.4, -0.2) is 41.9 Å². The number of nitrogens with zero attached hydrogens (tertiary/aromatic N) is 1. The van der Waals surface area contributed by atoms with Crippen LogP contribution in [-0.2, 0) is 14.3 Å². The zero-order valence-electron chi connectivity index (χ0n) is 13.9. The number of likely N-dealkylation sites (N-methyl/N-ethyl adjacent to an activating group) is 1. The molecule has 1 aliphatic heterocycles. The first-order valence-corrected chi connectivity index (χ1v) is 7.68. The van der Waals surface area contributed by atoms with Gasteiger partial charge in [0.15, 0.2) is 0 Å². The smallest absolute Gasteiger partial charge is 0.337 e. The second kappa shape index (κ2) is 6.14. The zero-order chi connectivity index (χ0) is 18.3. The number of benzene rings is 1. The third kappa shape index (κ3) is 2.60. The number of methoxy groups -OCH3 is 1. The fraction of sp³-hybridized carbons (Fsp3) is 0.211. The number of esters is 1. The summed E-state index contributed by atoms with van der Waals surface area (Å²) in [7, 11) is 2.72. The highest BCUT2D eigenvalue weighted by Gasteiger charge is 2.39. The Balaban J connectivity index is 1.87. The van der Waals surface area contributed by atoms with E-state index in [1.54, 1.807) is 30.3 Å². The molecule has 0 fully saturated rings. The molecule has 1 aromatic rings. The van der Waals surface area contributed by atoms with Crippen LogP contribution >= 0.6 is 0 Å². The Labute approximate surface area is 144 Å². The molecule has 0 aromatic heterocycles. The maximum absolute atomic E-state index is 12.2. The van der Waals surface area contributed by atoms with Crippen molar-refractivity contribution in [2.24, 2.45) is 0 Å². The number of allylic oxidation sites excluding steroid dienone is 1. The maximum atomic E-state index is 12.2. The number of carbonyl (C=O) groups excluding carboxylic acids is 3. The van der Waals surface area contributed by atoms with E-state index in [1.807, 2.05) is 0 Å². The Bertz CT molecular complexity index is 860. The molecule has 2 aliphatic rings. The van der Waals surface area contributed by atoms with E-state index in [-0.39, 0.29) is 17.9 Å². The second-order valence-corrected chi connectivity index (χ2v) is 5.88. The van der Waals surface area contributed by atoms with Gasteiger partial charge in [-0.3, -0.25) is 14.5 Å². The average molecular weight is 339 g/mol. The highest BCUT2D eigenvalue weighted by Crippen LogP contribution is 2.40. The number of aliphatic hydroxyl groups excluding tert-OH is 1. The van der Waals surface area contributed by atoms with Crippen LogP contribution in [0.15, 0.2) is 59.2 Å². The van der Waals surface area contributed by atoms with Crippen molar-refractivity contribution in [3.63, 3.8) is 0 Å². The molecule has 1 atom stereocenters. The first kappa shape index (κ1) is 16.9. The van der Waals surface area contributed by atoms with Crippen LogP contribution in [0.5, 0.6) is 0 Å². The van der Waals surface area contributed by atoms with Crippen LogP contribution in [0.1, 0.15) is 28.4 Å². The van der Waals surface area contributed by atoms with Crippen molar-refractivity contribution in [3.05, 3.63) is 70.3 Å². The van der Waals surface area contributed by atoms with Crippen LogP contribution < -0.4 is 0 Å². The molecule has 3 rings (SSSR count). The minimum atomic E-state index is -1.01. The van der Waals surface area contributed by atoms with Crippen molar-refractivity contribution < 1.29 is 24.2 Å². The molecule has 0 saturated heterocycles. The molecule has 1 aliphatic carbocycles. The molecule has 25 heavy (non-hydrogen) atoms. The van der Waals surface area contributed by atoms with Gasteiger partial charge in [-0.1, -0.05) is 24.8 Å². The van der Waals surface area contributed by atoms with E-state index >= 15 is 0 Å². The van der Waals surface area contributed by atoms with Crippen molar-refractivity contribution in [1.29, 1.82) is 0 Å². The molecule has 0 spiro atoms. The molecule has 6 nitrogen and oxygen atoms in total. The SMILES string of the molecule is C=C1C(C(O)c2ccc(C(=O)OC)cc2)=CCC2=C1C(=O)N(C)C2=O. The molecule has 2 amide bonds. The van der Waals surface area contributed by atoms with Crippen molar-refractivity contribution >= 4 is 17.8 Å². The van der Waals surface area contributed by atoms with Gasteiger partial charge in [-0.05, 0) is 35.3 Å². The summed E-state index contributed by atoms with van der Waals surface area (Å²) in [4.78, 5) is 36.8. The van der Waals surface area contributed by atoms with Gasteiger partial charge in [0.2, 0.25) is 0 Å². The lowest BCUT2D eigenvalue weighted by Crippen LogP contribution is -2.27. The molecule has 0 radical (unpaired) electrons. The minimum Gasteiger partial charge on any atom is -0.465 e. The molecule has 1 N–H and O–H groups in total. The van der Waals surface area contributed by atoms with Gasteiger partial charge >= 0.3 is 5.97 Å². The first-order chi connectivity index (χ1) is 11.9. The molecule has 0 saturated carbocycles. The van der Waals surface area contributed by atoms with Gasteiger partial charge in [0, 0.05) is 12.6 Å². The van der Waals surface area contributed by atoms with Crippen LogP contribution in [0, 0.1) is 0 Å². The lowest BCUT2D eigenvalue weighted by atomic mass is 9.84. The van der Waals surface area contributed by atoms with Gasteiger partial charge in [-0.2, -0.15) is 0 Å². The summed E-state index contributed by atoms with van der Waals surface area (Å²) in [6.45, 7) is 3.90. The average Bonchev–Trinajstić information content (AvgIpc) is 2.85. The van der Waals surface area contributed by atoms with Gasteiger partial charge < -0.3 is 9.84 Å². The number of hydrogen-bond acceptors (Lipinski definition) is 5. The quantitative estimate of drug-likeness (QED) is 0.669. The Morgan fingerprint density at radius 1 is 1.24 bits per heavy atom. The second-order valence-electron chi connectivity index (χ2n) is 5.88. The van der Waals surface area contributed by atoms with Gasteiger partial charge in [-0.15, -0.1) is 0 Å². The van der Waals surface area contributed by atoms with E-state index < -0.39 is 18.0 Å². The fourth-order valence-corrected chi connectivity index (χ4v) is 3.05. The van der Waals surface area contributed by atoms with E-state index in [1.165, 1.54) is 14.2 Å². The Kier molecular flexibility index (Phi) is 4.14. The standard InChI is InChI=1S/C19H17NO5/c1-10-13(8-9-14-15(10)18(23)20(2)17(14)22)16(21)11-4-6-12(7-5-11)19(24)25-3/h4-8,16,21H,1,9H2,2-3H3. The number of carbonyl (C=O) groups is 3. The molecular formula is C19H17NO5. The summed E-state index contributed by atoms with van der Waals surface area (Å²) in [5, 5.41) is 10.7.